The number of benzene rings is 1. The lowest BCUT2D eigenvalue weighted by Crippen LogP contribution is -2.21. The van der Waals surface area contributed by atoms with Crippen LogP contribution in [0.2, 0.25) is 0 Å². The molecule has 1 fully saturated rings. The van der Waals surface area contributed by atoms with Gasteiger partial charge in [0.25, 0.3) is 0 Å². The van der Waals surface area contributed by atoms with Crippen molar-refractivity contribution in [3.05, 3.63) is 33.9 Å². The number of hydrogen-bond acceptors (Lipinski definition) is 0. The quantitative estimate of drug-likeness (QED) is 0.670. The highest BCUT2D eigenvalue weighted by Gasteiger charge is 2.28. The van der Waals surface area contributed by atoms with E-state index in [2.05, 4.69) is 66.4 Å². The summed E-state index contributed by atoms with van der Waals surface area (Å²) in [4.78, 5) is 0. The monoisotopic (exact) mass is 305 g/mol. The maximum absolute atomic E-state index is 3.74. The third kappa shape index (κ3) is 1.91. The Bertz CT molecular complexity index is 612. The van der Waals surface area contributed by atoms with Gasteiger partial charge in [0.1, 0.15) is 0 Å². The van der Waals surface area contributed by atoms with Gasteiger partial charge >= 0.3 is 0 Å². The molecule has 1 aromatic heterocycles. The van der Waals surface area contributed by atoms with E-state index in [1.807, 2.05) is 0 Å². The minimum absolute atomic E-state index is 0.106. The van der Waals surface area contributed by atoms with Crippen LogP contribution in [0.5, 0.6) is 0 Å². The number of aryl methyl sites for hydroxylation is 1. The Labute approximate surface area is 117 Å². The largest absolute Gasteiger partial charge is 0.330 e. The van der Waals surface area contributed by atoms with Gasteiger partial charge in [-0.05, 0) is 85.6 Å². The van der Waals surface area contributed by atoms with Gasteiger partial charge < -0.3 is 4.57 Å². The second-order valence-electron chi connectivity index (χ2n) is 6.53. The van der Waals surface area contributed by atoms with Crippen LogP contribution in [0.25, 0.3) is 10.9 Å². The first-order chi connectivity index (χ1) is 8.38. The highest BCUT2D eigenvalue weighted by Crippen LogP contribution is 2.45. The van der Waals surface area contributed by atoms with Crippen LogP contribution in [0.15, 0.2) is 22.8 Å². The number of aromatic nitrogens is 1. The predicted octanol–water partition coefficient (Wildman–Crippen LogP) is 5.34. The van der Waals surface area contributed by atoms with E-state index in [4.69, 9.17) is 0 Å². The van der Waals surface area contributed by atoms with Gasteiger partial charge in [-0.1, -0.05) is 6.07 Å². The molecule has 0 bridgehead atoms. The molecular formula is C16H20BrN. The Morgan fingerprint density at radius 1 is 1.17 bits per heavy atom. The summed E-state index contributed by atoms with van der Waals surface area (Å²) in [7, 11) is 0. The summed E-state index contributed by atoms with van der Waals surface area (Å²) in [5, 5.41) is 1.44. The van der Waals surface area contributed by atoms with Crippen molar-refractivity contribution in [2.24, 2.45) is 0 Å². The molecule has 1 nitrogen and oxygen atoms in total. The highest BCUT2D eigenvalue weighted by atomic mass is 79.9. The molecule has 0 N–H and O–H groups in total. The second-order valence-corrected chi connectivity index (χ2v) is 7.35. The smallest absolute Gasteiger partial charge is 0.0862 e. The SMILES string of the molecule is Cc1cc(C2CC2)c2cc(Br)n(C(C)(C)C)c2c1. The number of nitrogens with zero attached hydrogens (tertiary/aromatic N) is 1. The van der Waals surface area contributed by atoms with E-state index in [0.29, 0.717) is 0 Å². The van der Waals surface area contributed by atoms with E-state index < -0.39 is 0 Å². The average Bonchev–Trinajstić information content (AvgIpc) is 2.98. The van der Waals surface area contributed by atoms with E-state index in [9.17, 15) is 0 Å². The molecule has 0 radical (unpaired) electrons. The van der Waals surface area contributed by atoms with Gasteiger partial charge in [0.05, 0.1) is 4.60 Å². The Hall–Kier alpha value is -0.760. The maximum Gasteiger partial charge on any atom is 0.0862 e. The third-order valence-electron chi connectivity index (χ3n) is 3.74. The van der Waals surface area contributed by atoms with Crippen molar-refractivity contribution in [1.82, 2.24) is 4.57 Å². The first kappa shape index (κ1) is 12.3. The fraction of sp³-hybridized carbons (Fsp3) is 0.500. The van der Waals surface area contributed by atoms with Crippen LogP contribution < -0.4 is 0 Å². The maximum atomic E-state index is 3.74. The Morgan fingerprint density at radius 2 is 1.83 bits per heavy atom. The zero-order chi connectivity index (χ0) is 13.1. The first-order valence-corrected chi connectivity index (χ1v) is 7.49. The van der Waals surface area contributed by atoms with E-state index >= 15 is 0 Å². The van der Waals surface area contributed by atoms with Crippen LogP contribution in [0.3, 0.4) is 0 Å². The van der Waals surface area contributed by atoms with Crippen molar-refractivity contribution in [3.63, 3.8) is 0 Å². The van der Waals surface area contributed by atoms with E-state index in [1.54, 1.807) is 5.56 Å². The van der Waals surface area contributed by atoms with Crippen LogP contribution in [0.1, 0.15) is 50.7 Å². The summed E-state index contributed by atoms with van der Waals surface area (Å²) in [5.74, 6) is 0.801. The third-order valence-corrected chi connectivity index (χ3v) is 4.32. The van der Waals surface area contributed by atoms with E-state index in [1.165, 1.54) is 33.9 Å². The predicted molar refractivity (Wildman–Crippen MR) is 81.3 cm³/mol. The number of halogens is 1. The van der Waals surface area contributed by atoms with Crippen molar-refractivity contribution >= 4 is 26.8 Å². The van der Waals surface area contributed by atoms with Crippen LogP contribution in [0.4, 0.5) is 0 Å². The number of rotatable bonds is 1. The van der Waals surface area contributed by atoms with E-state index in [0.717, 1.165) is 5.92 Å². The van der Waals surface area contributed by atoms with Crippen LogP contribution >= 0.6 is 15.9 Å². The molecule has 3 rings (SSSR count). The molecule has 0 aliphatic heterocycles. The first-order valence-electron chi connectivity index (χ1n) is 6.70. The molecule has 0 amide bonds. The standard InChI is InChI=1S/C16H20BrN/c1-10-7-12(11-5-6-11)13-9-15(17)18(14(13)8-10)16(2,3)4/h7-9,11H,5-6H2,1-4H3. The summed E-state index contributed by atoms with van der Waals surface area (Å²) in [6.07, 6.45) is 2.72. The summed E-state index contributed by atoms with van der Waals surface area (Å²) in [6.45, 7) is 8.99. The Balaban J connectivity index is 2.35. The zero-order valence-corrected chi connectivity index (χ0v) is 13.1. The summed E-state index contributed by atoms with van der Waals surface area (Å²) < 4.78 is 3.60. The van der Waals surface area contributed by atoms with Gasteiger partial charge in [0, 0.05) is 16.4 Å². The van der Waals surface area contributed by atoms with Crippen molar-refractivity contribution in [2.45, 2.75) is 52.0 Å². The van der Waals surface area contributed by atoms with Gasteiger partial charge in [-0.25, -0.2) is 0 Å². The van der Waals surface area contributed by atoms with Gasteiger partial charge in [0.15, 0.2) is 0 Å². The molecule has 0 atom stereocenters. The van der Waals surface area contributed by atoms with Gasteiger partial charge in [-0.3, -0.25) is 0 Å². The minimum Gasteiger partial charge on any atom is -0.330 e. The molecule has 2 heteroatoms. The fourth-order valence-electron chi connectivity index (χ4n) is 2.86. The second kappa shape index (κ2) is 3.86. The molecule has 1 aromatic carbocycles. The molecular weight excluding hydrogens is 286 g/mol. The Morgan fingerprint density at radius 3 is 2.39 bits per heavy atom. The fourth-order valence-corrected chi connectivity index (χ4v) is 3.81. The van der Waals surface area contributed by atoms with Crippen LogP contribution in [-0.4, -0.2) is 4.57 Å². The van der Waals surface area contributed by atoms with E-state index in [-0.39, 0.29) is 5.54 Å². The summed E-state index contributed by atoms with van der Waals surface area (Å²) in [5.41, 5.74) is 4.40. The van der Waals surface area contributed by atoms with Crippen LogP contribution in [0, 0.1) is 6.92 Å². The zero-order valence-electron chi connectivity index (χ0n) is 11.5. The van der Waals surface area contributed by atoms with Crippen molar-refractivity contribution in [3.8, 4) is 0 Å². The highest BCUT2D eigenvalue weighted by molar-refractivity contribution is 9.10. The normalized spacial score (nSPS) is 16.5. The molecule has 0 spiro atoms. The average molecular weight is 306 g/mol. The van der Waals surface area contributed by atoms with Crippen molar-refractivity contribution in [2.75, 3.05) is 0 Å². The summed E-state index contributed by atoms with van der Waals surface area (Å²) >= 11 is 3.74. The molecule has 1 aliphatic carbocycles. The molecule has 0 unspecified atom stereocenters. The molecule has 18 heavy (non-hydrogen) atoms. The van der Waals surface area contributed by atoms with Crippen molar-refractivity contribution < 1.29 is 0 Å². The molecule has 1 saturated carbocycles. The van der Waals surface area contributed by atoms with Crippen molar-refractivity contribution in [1.29, 1.82) is 0 Å². The Kier molecular flexibility index (Phi) is 2.64. The molecule has 1 aliphatic rings. The lowest BCUT2D eigenvalue weighted by Gasteiger charge is -2.24. The number of hydrogen-bond donors (Lipinski definition) is 0. The molecule has 2 aromatic rings. The molecule has 0 saturated heterocycles. The van der Waals surface area contributed by atoms with Gasteiger partial charge in [0.2, 0.25) is 0 Å². The molecule has 96 valence electrons. The van der Waals surface area contributed by atoms with Crippen LogP contribution in [-0.2, 0) is 5.54 Å². The molecule has 1 heterocycles. The lowest BCUT2D eigenvalue weighted by molar-refractivity contribution is 0.404. The number of fused-ring (bicyclic) bond motifs is 1. The topological polar surface area (TPSA) is 4.93 Å². The lowest BCUT2D eigenvalue weighted by atomic mass is 10.0. The van der Waals surface area contributed by atoms with Gasteiger partial charge in [-0.15, -0.1) is 0 Å². The minimum atomic E-state index is 0.106. The summed E-state index contributed by atoms with van der Waals surface area (Å²) in [6, 6.07) is 6.99. The van der Waals surface area contributed by atoms with Gasteiger partial charge in [-0.2, -0.15) is 0 Å².